The lowest BCUT2D eigenvalue weighted by Gasteiger charge is -2.28. The summed E-state index contributed by atoms with van der Waals surface area (Å²) in [4.78, 5) is 9.17. The molecule has 1 aromatic carbocycles. The molecule has 116 valence electrons. The summed E-state index contributed by atoms with van der Waals surface area (Å²) in [5.74, 6) is 1.62. The summed E-state index contributed by atoms with van der Waals surface area (Å²) in [5.41, 5.74) is 2.34. The van der Waals surface area contributed by atoms with Gasteiger partial charge in [0.2, 0.25) is 0 Å². The van der Waals surface area contributed by atoms with Crippen molar-refractivity contribution in [1.29, 1.82) is 0 Å². The van der Waals surface area contributed by atoms with Crippen molar-refractivity contribution in [3.05, 3.63) is 36.0 Å². The van der Waals surface area contributed by atoms with E-state index in [-0.39, 0.29) is 0 Å². The van der Waals surface area contributed by atoms with Crippen molar-refractivity contribution in [3.63, 3.8) is 0 Å². The van der Waals surface area contributed by atoms with Crippen LogP contribution in [0.4, 0.5) is 17.5 Å². The molecule has 0 atom stereocenters. The zero-order chi connectivity index (χ0) is 15.4. The maximum absolute atomic E-state index is 4.75. The van der Waals surface area contributed by atoms with E-state index in [2.05, 4.69) is 58.1 Å². The minimum Gasteiger partial charge on any atom is -0.355 e. The number of benzene rings is 1. The lowest BCUT2D eigenvalue weighted by atomic mass is 10.1. The first-order valence-electron chi connectivity index (χ1n) is 8.07. The highest BCUT2D eigenvalue weighted by atomic mass is 15.3. The van der Waals surface area contributed by atoms with E-state index < -0.39 is 0 Å². The molecule has 1 fully saturated rings. The molecular weight excluding hydrogens is 274 g/mol. The molecule has 3 rings (SSSR count). The van der Waals surface area contributed by atoms with Gasteiger partial charge in [0.25, 0.3) is 5.95 Å². The van der Waals surface area contributed by atoms with Gasteiger partial charge in [-0.25, -0.2) is 0 Å². The normalized spacial score (nSPS) is 14.9. The molecule has 0 aliphatic carbocycles. The second-order valence-electron chi connectivity index (χ2n) is 5.75. The summed E-state index contributed by atoms with van der Waals surface area (Å²) < 4.78 is 0. The molecule has 22 heavy (non-hydrogen) atoms. The van der Waals surface area contributed by atoms with Crippen molar-refractivity contribution in [2.45, 2.75) is 33.1 Å². The van der Waals surface area contributed by atoms with Crippen LogP contribution in [0.25, 0.3) is 0 Å². The van der Waals surface area contributed by atoms with Gasteiger partial charge in [-0.15, -0.1) is 5.10 Å². The summed E-state index contributed by atoms with van der Waals surface area (Å²) in [6, 6.07) is 8.41. The van der Waals surface area contributed by atoms with Crippen LogP contribution in [-0.4, -0.2) is 34.8 Å². The fourth-order valence-corrected chi connectivity index (χ4v) is 2.91. The average Bonchev–Trinajstić information content (AvgIpc) is 2.57. The first-order chi connectivity index (χ1) is 10.8. The Balaban J connectivity index is 1.89. The van der Waals surface area contributed by atoms with Gasteiger partial charge in [0, 0.05) is 25.3 Å². The fourth-order valence-electron chi connectivity index (χ4n) is 2.91. The lowest BCUT2D eigenvalue weighted by Crippen LogP contribution is -2.31. The van der Waals surface area contributed by atoms with E-state index >= 15 is 0 Å². The highest BCUT2D eigenvalue weighted by molar-refractivity contribution is 5.58. The number of aromatic nitrogens is 3. The number of anilines is 3. The number of hydrogen-bond acceptors (Lipinski definition) is 5. The Labute approximate surface area is 132 Å². The second kappa shape index (κ2) is 6.73. The molecule has 5 heteroatoms. The van der Waals surface area contributed by atoms with Crippen molar-refractivity contribution >= 4 is 17.5 Å². The van der Waals surface area contributed by atoms with E-state index in [9.17, 15) is 0 Å². The predicted molar refractivity (Wildman–Crippen MR) is 89.8 cm³/mol. The molecule has 0 spiro atoms. The van der Waals surface area contributed by atoms with Crippen molar-refractivity contribution in [1.82, 2.24) is 15.2 Å². The van der Waals surface area contributed by atoms with Crippen LogP contribution in [0.1, 0.15) is 31.7 Å². The highest BCUT2D eigenvalue weighted by Crippen LogP contribution is 2.24. The smallest absolute Gasteiger partial charge is 0.251 e. The van der Waals surface area contributed by atoms with E-state index in [0.29, 0.717) is 5.95 Å². The van der Waals surface area contributed by atoms with Gasteiger partial charge in [-0.2, -0.15) is 10.1 Å². The Morgan fingerprint density at radius 1 is 1.18 bits per heavy atom. The molecule has 5 nitrogen and oxygen atoms in total. The lowest BCUT2D eigenvalue weighted by molar-refractivity contribution is 0.571. The second-order valence-corrected chi connectivity index (χ2v) is 5.75. The van der Waals surface area contributed by atoms with Crippen LogP contribution >= 0.6 is 0 Å². The van der Waals surface area contributed by atoms with Crippen molar-refractivity contribution in [2.24, 2.45) is 0 Å². The van der Waals surface area contributed by atoms with Crippen LogP contribution in [0.15, 0.2) is 30.5 Å². The highest BCUT2D eigenvalue weighted by Gasteiger charge is 2.16. The van der Waals surface area contributed by atoms with E-state index in [1.807, 2.05) is 0 Å². The van der Waals surface area contributed by atoms with Crippen LogP contribution in [0.5, 0.6) is 0 Å². The SMILES string of the molecule is CCN(c1cccc(C)c1)c1nncc(N2CCCCC2)n1. The molecule has 1 aromatic heterocycles. The Hall–Kier alpha value is -2.17. The van der Waals surface area contributed by atoms with Gasteiger partial charge < -0.3 is 9.80 Å². The largest absolute Gasteiger partial charge is 0.355 e. The molecule has 0 amide bonds. The van der Waals surface area contributed by atoms with Crippen LogP contribution in [-0.2, 0) is 0 Å². The van der Waals surface area contributed by atoms with Gasteiger partial charge in [0.15, 0.2) is 5.82 Å². The molecule has 1 aliphatic rings. The minimum absolute atomic E-state index is 0.677. The number of piperidine rings is 1. The van der Waals surface area contributed by atoms with Gasteiger partial charge in [0.05, 0.1) is 6.20 Å². The topological polar surface area (TPSA) is 45.2 Å². The van der Waals surface area contributed by atoms with Gasteiger partial charge in [-0.05, 0) is 50.8 Å². The monoisotopic (exact) mass is 297 g/mol. The first-order valence-corrected chi connectivity index (χ1v) is 8.07. The van der Waals surface area contributed by atoms with Gasteiger partial charge in [-0.3, -0.25) is 0 Å². The van der Waals surface area contributed by atoms with Crippen LogP contribution in [0, 0.1) is 6.92 Å². The van der Waals surface area contributed by atoms with Crippen LogP contribution in [0.3, 0.4) is 0 Å². The molecular formula is C17H23N5. The molecule has 0 bridgehead atoms. The molecule has 0 unspecified atom stereocenters. The third-order valence-electron chi connectivity index (χ3n) is 4.09. The number of rotatable bonds is 4. The third-order valence-corrected chi connectivity index (χ3v) is 4.09. The summed E-state index contributed by atoms with van der Waals surface area (Å²) in [7, 11) is 0. The maximum Gasteiger partial charge on any atom is 0.251 e. The van der Waals surface area contributed by atoms with Crippen molar-refractivity contribution < 1.29 is 0 Å². The standard InChI is InChI=1S/C17H23N5/c1-3-22(15-9-7-8-14(2)12-15)17-19-16(13-18-20-17)21-10-5-4-6-11-21/h7-9,12-13H,3-6,10-11H2,1-2H3. The molecule has 2 heterocycles. The molecule has 0 radical (unpaired) electrons. The number of hydrogen-bond donors (Lipinski definition) is 0. The van der Waals surface area contributed by atoms with E-state index in [1.165, 1.54) is 24.8 Å². The molecule has 1 saturated heterocycles. The molecule has 1 aliphatic heterocycles. The van der Waals surface area contributed by atoms with E-state index in [1.54, 1.807) is 6.20 Å². The summed E-state index contributed by atoms with van der Waals surface area (Å²) in [6.45, 7) is 7.15. The molecule has 0 saturated carbocycles. The van der Waals surface area contributed by atoms with E-state index in [4.69, 9.17) is 4.98 Å². The number of nitrogens with zero attached hydrogens (tertiary/aromatic N) is 5. The molecule has 0 N–H and O–H groups in total. The summed E-state index contributed by atoms with van der Waals surface area (Å²) in [5, 5.41) is 8.43. The van der Waals surface area contributed by atoms with Gasteiger partial charge in [-0.1, -0.05) is 12.1 Å². The van der Waals surface area contributed by atoms with Gasteiger partial charge in [0.1, 0.15) is 0 Å². The van der Waals surface area contributed by atoms with Crippen LogP contribution in [0.2, 0.25) is 0 Å². The summed E-state index contributed by atoms with van der Waals surface area (Å²) in [6.07, 6.45) is 5.55. The Morgan fingerprint density at radius 2 is 2.00 bits per heavy atom. The zero-order valence-corrected chi connectivity index (χ0v) is 13.4. The maximum atomic E-state index is 4.75. The third kappa shape index (κ3) is 3.18. The van der Waals surface area contributed by atoms with E-state index in [0.717, 1.165) is 31.1 Å². The van der Waals surface area contributed by atoms with Crippen LogP contribution < -0.4 is 9.80 Å². The van der Waals surface area contributed by atoms with Gasteiger partial charge >= 0.3 is 0 Å². The summed E-state index contributed by atoms with van der Waals surface area (Å²) >= 11 is 0. The fraction of sp³-hybridized carbons (Fsp3) is 0.471. The predicted octanol–water partition coefficient (Wildman–Crippen LogP) is 3.33. The minimum atomic E-state index is 0.677. The Bertz CT molecular complexity index is 622. The Kier molecular flexibility index (Phi) is 4.51. The Morgan fingerprint density at radius 3 is 2.73 bits per heavy atom. The number of aryl methyl sites for hydroxylation is 1. The average molecular weight is 297 g/mol. The zero-order valence-electron chi connectivity index (χ0n) is 13.4. The molecule has 2 aromatic rings. The van der Waals surface area contributed by atoms with Crippen molar-refractivity contribution in [2.75, 3.05) is 29.4 Å². The quantitative estimate of drug-likeness (QED) is 0.866. The van der Waals surface area contributed by atoms with Crippen molar-refractivity contribution in [3.8, 4) is 0 Å². The first kappa shape index (κ1) is 14.8.